The van der Waals surface area contributed by atoms with E-state index in [4.69, 9.17) is 9.84 Å². The van der Waals surface area contributed by atoms with Gasteiger partial charge in [0.05, 0.1) is 6.42 Å². The molecule has 6 atom stereocenters. The zero-order chi connectivity index (χ0) is 27.2. The number of aliphatic carboxylic acids is 1. The maximum Gasteiger partial charge on any atom is 0.322 e. The molecule has 0 radical (unpaired) electrons. The third-order valence-electron chi connectivity index (χ3n) is 9.63. The Balaban J connectivity index is 1.42. The summed E-state index contributed by atoms with van der Waals surface area (Å²) < 4.78 is 5.04. The van der Waals surface area contributed by atoms with Gasteiger partial charge in [0, 0.05) is 30.6 Å². The molecule has 0 unspecified atom stereocenters. The quantitative estimate of drug-likeness (QED) is 0.405. The number of Topliss-reactive ketones (excluding diaryl/α,β-unsaturated/α-hetero) is 2. The van der Waals surface area contributed by atoms with E-state index >= 15 is 0 Å². The van der Waals surface area contributed by atoms with Crippen LogP contribution in [0.15, 0.2) is 11.6 Å². The molecule has 0 saturated heterocycles. The minimum Gasteiger partial charge on any atom is -0.480 e. The van der Waals surface area contributed by atoms with Crippen molar-refractivity contribution in [1.29, 1.82) is 0 Å². The van der Waals surface area contributed by atoms with Crippen molar-refractivity contribution < 1.29 is 43.7 Å². The fourth-order valence-corrected chi connectivity index (χ4v) is 7.66. The van der Waals surface area contributed by atoms with E-state index in [2.05, 4.69) is 12.2 Å². The van der Waals surface area contributed by atoms with E-state index in [9.17, 15) is 33.9 Å². The number of aliphatic hydroxyl groups is 1. The van der Waals surface area contributed by atoms with E-state index in [0.29, 0.717) is 19.3 Å². The number of hydrogen-bond acceptors (Lipinski definition) is 8. The molecule has 202 valence electrons. The zero-order valence-corrected chi connectivity index (χ0v) is 21.3. The minimum atomic E-state index is -1.81. The Hall–Kier alpha value is -2.88. The number of amides is 1. The molecule has 3 fully saturated rings. The summed E-state index contributed by atoms with van der Waals surface area (Å²) in [5, 5.41) is 22.3. The number of ether oxygens (including phenoxy) is 1. The molecular formula is C27H35NO9. The number of carboxylic acid groups (broad SMARTS) is 1. The van der Waals surface area contributed by atoms with Gasteiger partial charge in [0.2, 0.25) is 11.7 Å². The maximum absolute atomic E-state index is 13.6. The summed E-state index contributed by atoms with van der Waals surface area (Å²) in [5.74, 6) is -3.46. The normalized spacial score (nSPS) is 36.5. The first-order valence-electron chi connectivity index (χ1n) is 13.0. The number of carbonyl (C=O) groups is 6. The molecule has 1 amide bonds. The van der Waals surface area contributed by atoms with Gasteiger partial charge in [0.15, 0.2) is 12.4 Å². The van der Waals surface area contributed by atoms with E-state index in [1.54, 1.807) is 13.0 Å². The average Bonchev–Trinajstić information content (AvgIpc) is 3.11. The summed E-state index contributed by atoms with van der Waals surface area (Å²) in [6, 6.07) is 0. The van der Waals surface area contributed by atoms with Gasteiger partial charge in [-0.3, -0.25) is 28.8 Å². The highest BCUT2D eigenvalue weighted by Gasteiger charge is 2.68. The third kappa shape index (κ3) is 4.64. The van der Waals surface area contributed by atoms with Gasteiger partial charge in [-0.15, -0.1) is 0 Å². The summed E-state index contributed by atoms with van der Waals surface area (Å²) in [4.78, 5) is 73.0. The van der Waals surface area contributed by atoms with Gasteiger partial charge in [-0.05, 0) is 55.4 Å². The molecule has 10 nitrogen and oxygen atoms in total. The van der Waals surface area contributed by atoms with Crippen LogP contribution in [0.4, 0.5) is 0 Å². The summed E-state index contributed by atoms with van der Waals surface area (Å²) in [6.45, 7) is 2.65. The van der Waals surface area contributed by atoms with Gasteiger partial charge in [0.1, 0.15) is 17.9 Å². The van der Waals surface area contributed by atoms with Crippen LogP contribution in [-0.2, 0) is 33.5 Å². The lowest BCUT2D eigenvalue weighted by molar-refractivity contribution is -0.173. The standard InChI is InChI=1S/C27H35NO9/c1-25-9-7-16(29)11-15(25)3-4-17-18-8-10-27(36,26(18,2)12-19(30)24(17)25)20(31)14-37-23(35)6-5-21(32)28-13-22(33)34/h11,17-18,24,36H,3-10,12-14H2,1-2H3,(H,28,32)(H,33,34)/t17-,18-,24+,25-,26-,27-/m0/s1. The van der Waals surface area contributed by atoms with Crippen LogP contribution in [0.25, 0.3) is 0 Å². The predicted molar refractivity (Wildman–Crippen MR) is 128 cm³/mol. The van der Waals surface area contributed by atoms with Crippen molar-refractivity contribution in [2.45, 2.75) is 77.2 Å². The van der Waals surface area contributed by atoms with E-state index in [1.807, 2.05) is 0 Å². The molecule has 0 aromatic carbocycles. The maximum atomic E-state index is 13.6. The molecule has 4 aliphatic rings. The Bertz CT molecular complexity index is 1080. The summed E-state index contributed by atoms with van der Waals surface area (Å²) in [5.41, 5.74) is -2.11. The SMILES string of the molecule is C[C@]12CCC(=O)C=C1CC[C@@H]1[C@@H]2C(=O)C[C@@]2(C)[C@H]1CC[C@]2(O)C(=O)COC(=O)CCC(=O)NCC(=O)O. The van der Waals surface area contributed by atoms with Crippen LogP contribution < -0.4 is 5.32 Å². The number of carbonyl (C=O) groups excluding carboxylic acids is 5. The molecule has 4 rings (SSSR count). The molecule has 37 heavy (non-hydrogen) atoms. The van der Waals surface area contributed by atoms with Crippen LogP contribution in [0.1, 0.15) is 71.6 Å². The highest BCUT2D eigenvalue weighted by molar-refractivity contribution is 5.95. The van der Waals surface area contributed by atoms with Crippen molar-refractivity contribution in [3.63, 3.8) is 0 Å². The highest BCUT2D eigenvalue weighted by atomic mass is 16.5. The number of rotatable bonds is 8. The molecule has 0 spiro atoms. The molecular weight excluding hydrogens is 482 g/mol. The second kappa shape index (κ2) is 9.78. The molecule has 4 aliphatic carbocycles. The second-order valence-corrected chi connectivity index (χ2v) is 11.6. The van der Waals surface area contributed by atoms with Crippen molar-refractivity contribution in [3.05, 3.63) is 11.6 Å². The van der Waals surface area contributed by atoms with Crippen molar-refractivity contribution in [1.82, 2.24) is 5.32 Å². The van der Waals surface area contributed by atoms with Gasteiger partial charge in [0.25, 0.3) is 0 Å². The Morgan fingerprint density at radius 3 is 2.51 bits per heavy atom. The molecule has 10 heteroatoms. The third-order valence-corrected chi connectivity index (χ3v) is 9.63. The zero-order valence-electron chi connectivity index (χ0n) is 21.3. The lowest BCUT2D eigenvalue weighted by atomic mass is 9.46. The Labute approximate surface area is 215 Å². The molecule has 0 aromatic rings. The number of fused-ring (bicyclic) bond motifs is 5. The molecule has 0 heterocycles. The van der Waals surface area contributed by atoms with Crippen molar-refractivity contribution >= 4 is 35.2 Å². The van der Waals surface area contributed by atoms with Crippen LogP contribution >= 0.6 is 0 Å². The highest BCUT2D eigenvalue weighted by Crippen LogP contribution is 2.66. The molecule has 0 aromatic heterocycles. The van der Waals surface area contributed by atoms with Gasteiger partial charge in [-0.2, -0.15) is 0 Å². The second-order valence-electron chi connectivity index (χ2n) is 11.6. The summed E-state index contributed by atoms with van der Waals surface area (Å²) in [6.07, 6.45) is 4.43. The molecule has 3 N–H and O–H groups in total. The van der Waals surface area contributed by atoms with Crippen LogP contribution in [0, 0.1) is 28.6 Å². The number of hydrogen-bond donors (Lipinski definition) is 3. The summed E-state index contributed by atoms with van der Waals surface area (Å²) >= 11 is 0. The Morgan fingerprint density at radius 2 is 1.81 bits per heavy atom. The predicted octanol–water partition coefficient (Wildman–Crippen LogP) is 1.52. The number of ketones is 3. The van der Waals surface area contributed by atoms with Gasteiger partial charge >= 0.3 is 11.9 Å². The minimum absolute atomic E-state index is 0.00953. The molecule has 3 saturated carbocycles. The van der Waals surface area contributed by atoms with Gasteiger partial charge < -0.3 is 20.3 Å². The van der Waals surface area contributed by atoms with Crippen LogP contribution in [0.5, 0.6) is 0 Å². The topological polar surface area (TPSA) is 164 Å². The summed E-state index contributed by atoms with van der Waals surface area (Å²) in [7, 11) is 0. The fraction of sp³-hybridized carbons (Fsp3) is 0.704. The monoisotopic (exact) mass is 517 g/mol. The number of nitrogens with one attached hydrogen (secondary N) is 1. The number of allylic oxidation sites excluding steroid dienone is 1. The number of carboxylic acids is 1. The molecule has 0 aliphatic heterocycles. The van der Waals surface area contributed by atoms with Crippen molar-refractivity contribution in [3.8, 4) is 0 Å². The smallest absolute Gasteiger partial charge is 0.322 e. The van der Waals surface area contributed by atoms with Crippen LogP contribution in [-0.4, -0.2) is 64.2 Å². The lowest BCUT2D eigenvalue weighted by Gasteiger charge is -2.57. The average molecular weight is 518 g/mol. The Kier molecular flexibility index (Phi) is 7.18. The first-order valence-corrected chi connectivity index (χ1v) is 13.0. The lowest BCUT2D eigenvalue weighted by Crippen LogP contribution is -2.61. The van der Waals surface area contributed by atoms with Crippen LogP contribution in [0.2, 0.25) is 0 Å². The van der Waals surface area contributed by atoms with Gasteiger partial charge in [-0.1, -0.05) is 19.4 Å². The van der Waals surface area contributed by atoms with Gasteiger partial charge in [-0.25, -0.2) is 0 Å². The Morgan fingerprint density at radius 1 is 1.08 bits per heavy atom. The van der Waals surface area contributed by atoms with Crippen molar-refractivity contribution in [2.75, 3.05) is 13.2 Å². The van der Waals surface area contributed by atoms with E-state index in [-0.39, 0.29) is 60.4 Å². The number of esters is 1. The fourth-order valence-electron chi connectivity index (χ4n) is 7.66. The van der Waals surface area contributed by atoms with E-state index in [1.165, 1.54) is 0 Å². The van der Waals surface area contributed by atoms with E-state index in [0.717, 1.165) is 18.4 Å². The van der Waals surface area contributed by atoms with Crippen molar-refractivity contribution in [2.24, 2.45) is 28.6 Å². The van der Waals surface area contributed by atoms with E-state index < -0.39 is 47.8 Å². The molecule has 0 bridgehead atoms. The first-order chi connectivity index (χ1) is 17.3. The largest absolute Gasteiger partial charge is 0.480 e. The van der Waals surface area contributed by atoms with Crippen LogP contribution in [0.3, 0.4) is 0 Å². The first kappa shape index (κ1) is 27.2.